The molecule has 1 heterocycles. The van der Waals surface area contributed by atoms with Crippen LogP contribution in [0.2, 0.25) is 0 Å². The van der Waals surface area contributed by atoms with Gasteiger partial charge in [-0.1, -0.05) is 32.6 Å². The predicted molar refractivity (Wildman–Crippen MR) is 78.1 cm³/mol. The summed E-state index contributed by atoms with van der Waals surface area (Å²) in [6.45, 7) is 4.37. The van der Waals surface area contributed by atoms with Crippen LogP contribution in [0, 0.1) is 0 Å². The molecule has 0 fully saturated rings. The number of aromatic carboxylic acids is 1. The van der Waals surface area contributed by atoms with Crippen LogP contribution < -0.4 is 4.90 Å². The van der Waals surface area contributed by atoms with Gasteiger partial charge in [-0.15, -0.1) is 0 Å². The average molecular weight is 261 g/mol. The number of rotatable bonds is 7. The Bertz CT molecular complexity index is 442. The molecule has 0 saturated heterocycles. The normalized spacial score (nSPS) is 13.6. The summed E-state index contributed by atoms with van der Waals surface area (Å²) in [6, 6.07) is 5.52. The van der Waals surface area contributed by atoms with Crippen molar-refractivity contribution >= 4 is 11.7 Å². The number of carbonyl (C=O) groups is 1. The molecule has 0 unspecified atom stereocenters. The molecular weight excluding hydrogens is 238 g/mol. The Kier molecular flexibility index (Phi) is 4.83. The van der Waals surface area contributed by atoms with Crippen molar-refractivity contribution in [3.05, 3.63) is 29.3 Å². The van der Waals surface area contributed by atoms with Gasteiger partial charge in [-0.3, -0.25) is 0 Å². The lowest BCUT2D eigenvalue weighted by Crippen LogP contribution is -2.21. The maximum Gasteiger partial charge on any atom is 0.335 e. The first-order chi connectivity index (χ1) is 9.22. The minimum absolute atomic E-state index is 0.406. The van der Waals surface area contributed by atoms with Gasteiger partial charge in [-0.25, -0.2) is 4.79 Å². The summed E-state index contributed by atoms with van der Waals surface area (Å²) in [5.74, 6) is -0.833. The number of carboxylic acid groups (broad SMARTS) is 1. The first kappa shape index (κ1) is 13.9. The fourth-order valence-corrected chi connectivity index (χ4v) is 2.74. The molecule has 2 rings (SSSR count). The lowest BCUT2D eigenvalue weighted by molar-refractivity contribution is 0.0697. The summed E-state index contributed by atoms with van der Waals surface area (Å²) < 4.78 is 0. The van der Waals surface area contributed by atoms with E-state index in [4.69, 9.17) is 5.11 Å². The molecule has 1 N–H and O–H groups in total. The molecule has 0 amide bonds. The monoisotopic (exact) mass is 261 g/mol. The fourth-order valence-electron chi connectivity index (χ4n) is 2.74. The van der Waals surface area contributed by atoms with Crippen molar-refractivity contribution in [2.75, 3.05) is 18.0 Å². The highest BCUT2D eigenvalue weighted by Crippen LogP contribution is 2.29. The topological polar surface area (TPSA) is 40.5 Å². The summed E-state index contributed by atoms with van der Waals surface area (Å²) in [5.41, 5.74) is 2.83. The van der Waals surface area contributed by atoms with E-state index in [1.807, 2.05) is 12.1 Å². The van der Waals surface area contributed by atoms with Crippen LogP contribution in [0.15, 0.2) is 18.2 Å². The summed E-state index contributed by atoms with van der Waals surface area (Å²) >= 11 is 0. The van der Waals surface area contributed by atoms with E-state index in [9.17, 15) is 4.79 Å². The molecule has 104 valence electrons. The Morgan fingerprint density at radius 1 is 1.26 bits per heavy atom. The molecule has 1 aromatic carbocycles. The van der Waals surface area contributed by atoms with Crippen LogP contribution in [-0.2, 0) is 6.42 Å². The number of unbranched alkanes of at least 4 members (excludes halogenated alkanes) is 4. The van der Waals surface area contributed by atoms with E-state index < -0.39 is 5.97 Å². The van der Waals surface area contributed by atoms with Crippen molar-refractivity contribution in [1.29, 1.82) is 0 Å². The van der Waals surface area contributed by atoms with E-state index in [2.05, 4.69) is 11.8 Å². The van der Waals surface area contributed by atoms with Gasteiger partial charge in [0, 0.05) is 18.8 Å². The number of fused-ring (bicyclic) bond motifs is 1. The molecule has 0 bridgehead atoms. The number of anilines is 1. The standard InChI is InChI=1S/C16H23NO2/c1-2-3-4-5-6-10-17-11-9-13-12-14(16(18)19)7-8-15(13)17/h7-8,12H,2-6,9-11H2,1H3,(H,18,19). The molecule has 0 saturated carbocycles. The molecule has 0 aliphatic carbocycles. The minimum Gasteiger partial charge on any atom is -0.478 e. The quantitative estimate of drug-likeness (QED) is 0.760. The predicted octanol–water partition coefficient (Wildman–Crippen LogP) is 3.72. The Morgan fingerprint density at radius 3 is 2.79 bits per heavy atom. The molecule has 0 radical (unpaired) electrons. The van der Waals surface area contributed by atoms with Crippen LogP contribution in [0.4, 0.5) is 5.69 Å². The zero-order valence-corrected chi connectivity index (χ0v) is 11.7. The largest absolute Gasteiger partial charge is 0.478 e. The van der Waals surface area contributed by atoms with E-state index in [-0.39, 0.29) is 0 Å². The molecule has 3 heteroatoms. The second kappa shape index (κ2) is 6.60. The summed E-state index contributed by atoms with van der Waals surface area (Å²) in [7, 11) is 0. The zero-order chi connectivity index (χ0) is 13.7. The van der Waals surface area contributed by atoms with Gasteiger partial charge in [0.05, 0.1) is 5.56 Å². The number of nitrogens with zero attached hydrogens (tertiary/aromatic N) is 1. The molecule has 1 aliphatic rings. The van der Waals surface area contributed by atoms with Crippen molar-refractivity contribution in [3.8, 4) is 0 Å². The third-order valence-electron chi connectivity index (χ3n) is 3.85. The molecular formula is C16H23NO2. The Balaban J connectivity index is 1.89. The van der Waals surface area contributed by atoms with Crippen molar-refractivity contribution in [1.82, 2.24) is 0 Å². The van der Waals surface area contributed by atoms with Crippen LogP contribution in [0.3, 0.4) is 0 Å². The Hall–Kier alpha value is -1.51. The Morgan fingerprint density at radius 2 is 2.05 bits per heavy atom. The van der Waals surface area contributed by atoms with Gasteiger partial charge in [0.1, 0.15) is 0 Å². The highest BCUT2D eigenvalue weighted by atomic mass is 16.4. The summed E-state index contributed by atoms with van der Waals surface area (Å²) in [6.07, 6.45) is 7.45. The second-order valence-corrected chi connectivity index (χ2v) is 5.30. The summed E-state index contributed by atoms with van der Waals surface area (Å²) in [4.78, 5) is 13.3. The molecule has 3 nitrogen and oxygen atoms in total. The van der Waals surface area contributed by atoms with Gasteiger partial charge in [-0.05, 0) is 36.6 Å². The Labute approximate surface area is 115 Å². The van der Waals surface area contributed by atoms with E-state index in [0.717, 1.165) is 19.5 Å². The number of benzene rings is 1. The van der Waals surface area contributed by atoms with Gasteiger partial charge < -0.3 is 10.0 Å². The van der Waals surface area contributed by atoms with Crippen LogP contribution in [0.1, 0.15) is 54.9 Å². The van der Waals surface area contributed by atoms with Gasteiger partial charge in [0.2, 0.25) is 0 Å². The summed E-state index contributed by atoms with van der Waals surface area (Å²) in [5, 5.41) is 8.99. The fraction of sp³-hybridized carbons (Fsp3) is 0.562. The molecule has 19 heavy (non-hydrogen) atoms. The molecule has 1 aromatic rings. The maximum atomic E-state index is 10.9. The molecule has 1 aliphatic heterocycles. The lowest BCUT2D eigenvalue weighted by Gasteiger charge is -2.19. The first-order valence-corrected chi connectivity index (χ1v) is 7.33. The SMILES string of the molecule is CCCCCCCN1CCc2cc(C(=O)O)ccc21. The molecule has 0 atom stereocenters. The zero-order valence-electron chi connectivity index (χ0n) is 11.7. The van der Waals surface area contributed by atoms with Gasteiger partial charge in [0.15, 0.2) is 0 Å². The van der Waals surface area contributed by atoms with E-state index in [1.165, 1.54) is 43.4 Å². The van der Waals surface area contributed by atoms with Crippen LogP contribution in [0.25, 0.3) is 0 Å². The number of hydrogen-bond donors (Lipinski definition) is 1. The van der Waals surface area contributed by atoms with Crippen molar-refractivity contribution < 1.29 is 9.90 Å². The van der Waals surface area contributed by atoms with E-state index in [1.54, 1.807) is 6.07 Å². The van der Waals surface area contributed by atoms with Crippen LogP contribution in [0.5, 0.6) is 0 Å². The smallest absolute Gasteiger partial charge is 0.335 e. The molecule has 0 spiro atoms. The van der Waals surface area contributed by atoms with E-state index in [0.29, 0.717) is 5.56 Å². The van der Waals surface area contributed by atoms with Crippen molar-refractivity contribution in [2.24, 2.45) is 0 Å². The van der Waals surface area contributed by atoms with Crippen LogP contribution >= 0.6 is 0 Å². The van der Waals surface area contributed by atoms with Gasteiger partial charge in [-0.2, -0.15) is 0 Å². The van der Waals surface area contributed by atoms with Crippen molar-refractivity contribution in [3.63, 3.8) is 0 Å². The number of carboxylic acids is 1. The minimum atomic E-state index is -0.833. The van der Waals surface area contributed by atoms with Crippen LogP contribution in [-0.4, -0.2) is 24.2 Å². The average Bonchev–Trinajstić information content (AvgIpc) is 2.81. The van der Waals surface area contributed by atoms with Crippen molar-refractivity contribution in [2.45, 2.75) is 45.4 Å². The highest BCUT2D eigenvalue weighted by Gasteiger charge is 2.19. The molecule has 0 aromatic heterocycles. The third-order valence-corrected chi connectivity index (χ3v) is 3.85. The maximum absolute atomic E-state index is 10.9. The number of hydrogen-bond acceptors (Lipinski definition) is 2. The highest BCUT2D eigenvalue weighted by molar-refractivity contribution is 5.88. The third kappa shape index (κ3) is 3.49. The second-order valence-electron chi connectivity index (χ2n) is 5.30. The van der Waals surface area contributed by atoms with Gasteiger partial charge in [0.25, 0.3) is 0 Å². The van der Waals surface area contributed by atoms with Gasteiger partial charge >= 0.3 is 5.97 Å². The van der Waals surface area contributed by atoms with E-state index >= 15 is 0 Å². The lowest BCUT2D eigenvalue weighted by atomic mass is 10.1. The first-order valence-electron chi connectivity index (χ1n) is 7.33.